The van der Waals surface area contributed by atoms with Crippen LogP contribution in [0, 0.1) is 25.2 Å². The Balaban J connectivity index is 1.30. The molecule has 0 spiro atoms. The normalized spacial score (nSPS) is 20.2. The number of fused-ring (bicyclic) bond motifs is 1. The van der Waals surface area contributed by atoms with E-state index < -0.39 is 76.4 Å². The summed E-state index contributed by atoms with van der Waals surface area (Å²) in [5, 5.41) is 14.7. The zero-order valence-corrected chi connectivity index (χ0v) is 30.3. The number of amides is 3. The predicted molar refractivity (Wildman–Crippen MR) is 187 cm³/mol. The number of aromatic nitrogens is 1. The predicted octanol–water partition coefficient (Wildman–Crippen LogP) is 9.85. The van der Waals surface area contributed by atoms with E-state index in [9.17, 15) is 54.4 Å². The van der Waals surface area contributed by atoms with Gasteiger partial charge in [0, 0.05) is 22.9 Å². The van der Waals surface area contributed by atoms with E-state index in [4.69, 9.17) is 4.74 Å². The third-order valence-electron chi connectivity index (χ3n) is 10.8. The number of urea groups is 1. The zero-order valence-electron chi connectivity index (χ0n) is 30.3. The molecule has 3 fully saturated rings. The van der Waals surface area contributed by atoms with Crippen LogP contribution >= 0.6 is 0 Å². The average Bonchev–Trinajstić information content (AvgIpc) is 3.64. The van der Waals surface area contributed by atoms with E-state index in [1.807, 2.05) is 0 Å². The van der Waals surface area contributed by atoms with E-state index in [2.05, 4.69) is 21.7 Å². The van der Waals surface area contributed by atoms with E-state index >= 15 is 0 Å². The molecule has 17 heteroatoms. The van der Waals surface area contributed by atoms with Gasteiger partial charge in [0.05, 0.1) is 48.0 Å². The number of nitriles is 1. The Labute approximate surface area is 319 Å². The van der Waals surface area contributed by atoms with Crippen LogP contribution in [0.25, 0.3) is 22.3 Å². The van der Waals surface area contributed by atoms with Crippen molar-refractivity contribution in [2.24, 2.45) is 0 Å². The number of methoxy groups -OCH3 is 1. The number of nitrogens with one attached hydrogen (secondary N) is 2. The maximum atomic E-state index is 14.3. The number of benzene rings is 3. The molecule has 57 heavy (non-hydrogen) atoms. The van der Waals surface area contributed by atoms with Gasteiger partial charge < -0.3 is 20.3 Å². The molecule has 1 aliphatic carbocycles. The van der Waals surface area contributed by atoms with Crippen molar-refractivity contribution in [3.05, 3.63) is 105 Å². The van der Waals surface area contributed by atoms with Crippen LogP contribution in [0.15, 0.2) is 60.8 Å². The molecule has 2 saturated heterocycles. The fraction of sp³-hybridized carbons (Fsp3) is 0.350. The van der Waals surface area contributed by atoms with Crippen molar-refractivity contribution in [3.63, 3.8) is 0 Å². The first-order valence-electron chi connectivity index (χ1n) is 17.6. The number of rotatable bonds is 7. The summed E-state index contributed by atoms with van der Waals surface area (Å²) in [5.74, 6) is -0.411. The molecule has 1 saturated carbocycles. The first-order valence-corrected chi connectivity index (χ1v) is 17.6. The van der Waals surface area contributed by atoms with Gasteiger partial charge in [0.15, 0.2) is 0 Å². The van der Waals surface area contributed by atoms with Crippen LogP contribution in [-0.4, -0.2) is 40.5 Å². The lowest BCUT2D eigenvalue weighted by atomic mass is 9.89. The van der Waals surface area contributed by atoms with Crippen LogP contribution in [0.5, 0.6) is 5.88 Å². The highest BCUT2D eigenvalue weighted by molar-refractivity contribution is 5.97. The molecule has 3 aromatic carbocycles. The topological polar surface area (TPSA) is 107 Å². The quantitative estimate of drug-likeness (QED) is 0.181. The summed E-state index contributed by atoms with van der Waals surface area (Å²) in [4.78, 5) is 32.2. The molecule has 2 aliphatic heterocycles. The highest BCUT2D eigenvalue weighted by atomic mass is 19.4. The minimum atomic E-state index is -5.14. The standard InChI is InChI=1S/C40H32F9N5O3/c1-19-10-22(34(55)53-37(18-50)8-9-37)11-20(2)32(19)23-14-29(35(57-3)51-17-23)27-5-4-24(38(41,42)43)16-28(27)30-6-7-31-33(52-36(56)54(30)31)21-12-25(39(44,45)46)15-26(13-21)40(47,48)49/h4-5,10-17,30-31,33H,6-9H2,1-3H3,(H,52,56)(H,53,55)/t30-,31-,33+/m0/s1. The fourth-order valence-corrected chi connectivity index (χ4v) is 7.96. The third-order valence-corrected chi connectivity index (χ3v) is 10.8. The lowest BCUT2D eigenvalue weighted by molar-refractivity contribution is -0.143. The molecule has 2 N–H and O–H groups in total. The van der Waals surface area contributed by atoms with E-state index in [-0.39, 0.29) is 41.5 Å². The molecule has 298 valence electrons. The maximum absolute atomic E-state index is 14.3. The average molecular weight is 802 g/mol. The van der Waals surface area contributed by atoms with Crippen LogP contribution in [0.4, 0.5) is 44.3 Å². The molecule has 0 bridgehead atoms. The molecule has 8 nitrogen and oxygen atoms in total. The Kier molecular flexibility index (Phi) is 9.48. The second-order valence-electron chi connectivity index (χ2n) is 14.5. The van der Waals surface area contributed by atoms with Gasteiger partial charge in [0.25, 0.3) is 5.91 Å². The lowest BCUT2D eigenvalue weighted by Crippen LogP contribution is -2.35. The summed E-state index contributed by atoms with van der Waals surface area (Å²) in [6, 6.07) is 6.69. The first-order chi connectivity index (χ1) is 26.6. The minimum absolute atomic E-state index is 0.00681. The molecule has 3 heterocycles. The van der Waals surface area contributed by atoms with Gasteiger partial charge in [0.2, 0.25) is 5.88 Å². The van der Waals surface area contributed by atoms with Gasteiger partial charge in [-0.3, -0.25) is 4.79 Å². The van der Waals surface area contributed by atoms with Crippen LogP contribution in [0.2, 0.25) is 0 Å². The van der Waals surface area contributed by atoms with Gasteiger partial charge in [-0.2, -0.15) is 44.8 Å². The molecule has 4 aromatic rings. The first kappa shape index (κ1) is 39.4. The number of aryl methyl sites for hydroxylation is 2. The van der Waals surface area contributed by atoms with E-state index in [0.717, 1.165) is 12.1 Å². The van der Waals surface area contributed by atoms with E-state index in [1.54, 1.807) is 32.0 Å². The van der Waals surface area contributed by atoms with Crippen LogP contribution in [0.1, 0.15) is 87.1 Å². The van der Waals surface area contributed by atoms with Crippen molar-refractivity contribution in [3.8, 4) is 34.2 Å². The Morgan fingerprint density at radius 3 is 2.04 bits per heavy atom. The molecule has 3 atom stereocenters. The van der Waals surface area contributed by atoms with Gasteiger partial charge in [-0.1, -0.05) is 6.07 Å². The van der Waals surface area contributed by atoms with Gasteiger partial charge in [-0.25, -0.2) is 9.78 Å². The molecule has 7 rings (SSSR count). The molecule has 0 radical (unpaired) electrons. The minimum Gasteiger partial charge on any atom is -0.481 e. The Morgan fingerprint density at radius 1 is 0.877 bits per heavy atom. The number of carbonyl (C=O) groups excluding carboxylic acids is 2. The largest absolute Gasteiger partial charge is 0.481 e. The van der Waals surface area contributed by atoms with Crippen molar-refractivity contribution in [2.75, 3.05) is 7.11 Å². The number of ether oxygens (including phenoxy) is 1. The number of hydrogen-bond donors (Lipinski definition) is 2. The summed E-state index contributed by atoms with van der Waals surface area (Å²) in [7, 11) is 1.31. The Bertz CT molecular complexity index is 2290. The Hall–Kier alpha value is -5.79. The maximum Gasteiger partial charge on any atom is 0.416 e. The summed E-state index contributed by atoms with van der Waals surface area (Å²) < 4.78 is 131. The number of carbonyl (C=O) groups is 2. The number of halogens is 9. The van der Waals surface area contributed by atoms with Gasteiger partial charge in [0.1, 0.15) is 5.54 Å². The molecule has 0 unspecified atom stereocenters. The summed E-state index contributed by atoms with van der Waals surface area (Å²) in [5.41, 5.74) is -2.33. The highest BCUT2D eigenvalue weighted by Gasteiger charge is 2.50. The Morgan fingerprint density at radius 2 is 1.49 bits per heavy atom. The summed E-state index contributed by atoms with van der Waals surface area (Å²) in [6.45, 7) is 3.51. The molecule has 3 amide bonds. The van der Waals surface area contributed by atoms with E-state index in [1.165, 1.54) is 24.3 Å². The van der Waals surface area contributed by atoms with Crippen molar-refractivity contribution >= 4 is 11.9 Å². The van der Waals surface area contributed by atoms with Crippen molar-refractivity contribution < 1.29 is 53.8 Å². The van der Waals surface area contributed by atoms with Crippen LogP contribution in [0.3, 0.4) is 0 Å². The van der Waals surface area contributed by atoms with E-state index in [0.29, 0.717) is 52.8 Å². The fourth-order valence-electron chi connectivity index (χ4n) is 7.96. The second kappa shape index (κ2) is 13.7. The molecular weight excluding hydrogens is 769 g/mol. The van der Waals surface area contributed by atoms with Crippen LogP contribution < -0.4 is 15.4 Å². The molecule has 3 aliphatic rings. The van der Waals surface area contributed by atoms with Crippen molar-refractivity contribution in [1.82, 2.24) is 20.5 Å². The molecule has 1 aromatic heterocycles. The van der Waals surface area contributed by atoms with Crippen LogP contribution in [-0.2, 0) is 18.5 Å². The summed E-state index contributed by atoms with van der Waals surface area (Å²) >= 11 is 0. The number of nitrogens with zero attached hydrogens (tertiary/aromatic N) is 3. The van der Waals surface area contributed by atoms with Gasteiger partial charge in [-0.05, 0) is 121 Å². The van der Waals surface area contributed by atoms with Gasteiger partial charge >= 0.3 is 24.6 Å². The van der Waals surface area contributed by atoms with Gasteiger partial charge in [-0.15, -0.1) is 0 Å². The monoisotopic (exact) mass is 801 g/mol. The van der Waals surface area contributed by atoms with Crippen molar-refractivity contribution in [1.29, 1.82) is 5.26 Å². The summed E-state index contributed by atoms with van der Waals surface area (Å²) in [6.07, 6.45) is -12.5. The lowest BCUT2D eigenvalue weighted by Gasteiger charge is -2.27. The number of pyridine rings is 1. The smallest absolute Gasteiger partial charge is 0.416 e. The third kappa shape index (κ3) is 7.33. The molecular formula is C40H32F9N5O3. The second-order valence-corrected chi connectivity index (χ2v) is 14.5. The zero-order chi connectivity index (χ0) is 41.4. The SMILES string of the molecule is COc1ncc(-c2c(C)cc(C(=O)NC3(C#N)CC3)cc2C)cc1-c1ccc(C(F)(F)F)cc1[C@@H]1CC[C@H]2[C@@H](c3cc(C(F)(F)F)cc(C(F)(F)F)c3)NC(=O)N12. The number of alkyl halides is 9. The van der Waals surface area contributed by atoms with Crippen molar-refractivity contribution in [2.45, 2.75) is 81.7 Å². The number of hydrogen-bond acceptors (Lipinski definition) is 5. The highest BCUT2D eigenvalue weighted by Crippen LogP contribution is 2.50.